The van der Waals surface area contributed by atoms with Crippen molar-refractivity contribution in [2.45, 2.75) is 39.2 Å². The van der Waals surface area contributed by atoms with Gasteiger partial charge in [0.2, 0.25) is 0 Å². The van der Waals surface area contributed by atoms with Gasteiger partial charge in [-0.25, -0.2) is 0 Å². The predicted octanol–water partition coefficient (Wildman–Crippen LogP) is 2.97. The highest BCUT2D eigenvalue weighted by atomic mass is 35.5. The Balaban J connectivity index is 0.00000200. The summed E-state index contributed by atoms with van der Waals surface area (Å²) in [6, 6.07) is 10.2. The van der Waals surface area contributed by atoms with E-state index in [1.165, 1.54) is 5.56 Å². The van der Waals surface area contributed by atoms with Gasteiger partial charge in [0.15, 0.2) is 0 Å². The van der Waals surface area contributed by atoms with Gasteiger partial charge in [0.1, 0.15) is 0 Å². The van der Waals surface area contributed by atoms with E-state index in [1.807, 2.05) is 32.0 Å². The Hall–Kier alpha value is -1.06. The monoisotopic (exact) mass is 297 g/mol. The molecule has 0 aliphatic carbocycles. The minimum Gasteiger partial charge on any atom is -0.463 e. The third-order valence-electron chi connectivity index (χ3n) is 3.63. The second-order valence-corrected chi connectivity index (χ2v) is 5.68. The average Bonchev–Trinajstić information content (AvgIpc) is 2.40. The van der Waals surface area contributed by atoms with E-state index in [0.717, 1.165) is 25.8 Å². The van der Waals surface area contributed by atoms with Gasteiger partial charge in [0.25, 0.3) is 0 Å². The third kappa shape index (κ3) is 4.22. The van der Waals surface area contributed by atoms with Gasteiger partial charge in [0, 0.05) is 6.54 Å². The summed E-state index contributed by atoms with van der Waals surface area (Å²) in [4.78, 5) is 12.5. The van der Waals surface area contributed by atoms with Crippen LogP contribution < -0.4 is 5.32 Å². The van der Waals surface area contributed by atoms with E-state index >= 15 is 0 Å². The van der Waals surface area contributed by atoms with E-state index in [1.54, 1.807) is 0 Å². The third-order valence-corrected chi connectivity index (χ3v) is 3.63. The van der Waals surface area contributed by atoms with Gasteiger partial charge in [0.05, 0.1) is 11.5 Å². The fourth-order valence-electron chi connectivity index (χ4n) is 2.69. The number of esters is 1. The minimum absolute atomic E-state index is 0. The molecule has 1 aliphatic heterocycles. The molecule has 0 saturated carbocycles. The maximum Gasteiger partial charge on any atom is 0.313 e. The molecule has 1 aromatic rings. The van der Waals surface area contributed by atoms with E-state index in [-0.39, 0.29) is 24.5 Å². The second-order valence-electron chi connectivity index (χ2n) is 5.68. The average molecular weight is 298 g/mol. The lowest BCUT2D eigenvalue weighted by Crippen LogP contribution is -2.48. The van der Waals surface area contributed by atoms with Crippen LogP contribution in [-0.4, -0.2) is 25.2 Å². The number of halogens is 1. The molecule has 1 aliphatic rings. The highest BCUT2D eigenvalue weighted by Crippen LogP contribution is 2.32. The van der Waals surface area contributed by atoms with Gasteiger partial charge in [-0.15, -0.1) is 12.4 Å². The number of hydrogen-bond acceptors (Lipinski definition) is 3. The Morgan fingerprint density at radius 1 is 1.35 bits per heavy atom. The van der Waals surface area contributed by atoms with E-state index in [4.69, 9.17) is 4.74 Å². The largest absolute Gasteiger partial charge is 0.463 e. The van der Waals surface area contributed by atoms with Crippen LogP contribution in [0.15, 0.2) is 30.3 Å². The molecule has 112 valence electrons. The predicted molar refractivity (Wildman–Crippen MR) is 83.2 cm³/mol. The van der Waals surface area contributed by atoms with Gasteiger partial charge >= 0.3 is 5.97 Å². The summed E-state index contributed by atoms with van der Waals surface area (Å²) in [6.07, 6.45) is 2.63. The minimum atomic E-state index is -0.399. The molecule has 1 aromatic carbocycles. The number of rotatable bonds is 4. The zero-order valence-corrected chi connectivity index (χ0v) is 13.0. The highest BCUT2D eigenvalue weighted by Gasteiger charge is 2.41. The van der Waals surface area contributed by atoms with Crippen molar-refractivity contribution >= 4 is 18.4 Å². The van der Waals surface area contributed by atoms with Crippen molar-refractivity contribution in [1.82, 2.24) is 5.32 Å². The molecule has 1 saturated heterocycles. The van der Waals surface area contributed by atoms with Gasteiger partial charge in [-0.3, -0.25) is 4.79 Å². The molecule has 0 spiro atoms. The first-order valence-electron chi connectivity index (χ1n) is 7.08. The summed E-state index contributed by atoms with van der Waals surface area (Å²) in [7, 11) is 0. The fourth-order valence-corrected chi connectivity index (χ4v) is 2.69. The van der Waals surface area contributed by atoms with Gasteiger partial charge in [-0.2, -0.15) is 0 Å². The maximum atomic E-state index is 12.5. The molecular weight excluding hydrogens is 274 g/mol. The molecule has 0 amide bonds. The zero-order valence-electron chi connectivity index (χ0n) is 12.2. The van der Waals surface area contributed by atoms with Crippen LogP contribution in [0.1, 0.15) is 32.3 Å². The van der Waals surface area contributed by atoms with E-state index in [9.17, 15) is 4.79 Å². The molecule has 1 N–H and O–H groups in total. The SMILES string of the molecule is CC(C)OC(=O)C1(Cc2ccccc2)CCCNC1.Cl. The van der Waals surface area contributed by atoms with E-state index < -0.39 is 5.41 Å². The summed E-state index contributed by atoms with van der Waals surface area (Å²) in [5, 5.41) is 3.35. The number of ether oxygens (including phenoxy) is 1. The molecule has 0 bridgehead atoms. The number of nitrogens with one attached hydrogen (secondary N) is 1. The van der Waals surface area contributed by atoms with Crippen molar-refractivity contribution < 1.29 is 9.53 Å². The Morgan fingerprint density at radius 2 is 2.05 bits per heavy atom. The van der Waals surface area contributed by atoms with Crippen LogP contribution in [0.3, 0.4) is 0 Å². The first-order chi connectivity index (χ1) is 9.12. The zero-order chi connectivity index (χ0) is 13.7. The Morgan fingerprint density at radius 3 is 2.60 bits per heavy atom. The molecular formula is C16H24ClNO2. The summed E-state index contributed by atoms with van der Waals surface area (Å²) in [5.41, 5.74) is 0.802. The molecule has 0 radical (unpaired) electrons. The van der Waals surface area contributed by atoms with E-state index in [0.29, 0.717) is 6.54 Å². The summed E-state index contributed by atoms with van der Waals surface area (Å²) < 4.78 is 5.49. The van der Waals surface area contributed by atoms with Crippen molar-refractivity contribution in [3.8, 4) is 0 Å². The van der Waals surface area contributed by atoms with Crippen molar-refractivity contribution in [1.29, 1.82) is 0 Å². The standard InChI is InChI=1S/C16H23NO2.ClH/c1-13(2)19-15(18)16(9-6-10-17-12-16)11-14-7-4-3-5-8-14;/h3-5,7-8,13,17H,6,9-12H2,1-2H3;1H. The maximum absolute atomic E-state index is 12.5. The van der Waals surface area contributed by atoms with Crippen LogP contribution in [0, 0.1) is 5.41 Å². The van der Waals surface area contributed by atoms with Crippen LogP contribution >= 0.6 is 12.4 Å². The number of carbonyl (C=O) groups excluding carboxylic acids is 1. The molecule has 2 rings (SSSR count). The number of hydrogen-bond donors (Lipinski definition) is 1. The summed E-state index contributed by atoms with van der Waals surface area (Å²) in [5.74, 6) is -0.0569. The topological polar surface area (TPSA) is 38.3 Å². The molecule has 1 unspecified atom stereocenters. The molecule has 0 aromatic heterocycles. The van der Waals surface area contributed by atoms with E-state index in [2.05, 4.69) is 17.4 Å². The quantitative estimate of drug-likeness (QED) is 0.868. The van der Waals surface area contributed by atoms with Crippen LogP contribution in [0.25, 0.3) is 0 Å². The van der Waals surface area contributed by atoms with Gasteiger partial charge < -0.3 is 10.1 Å². The number of piperidine rings is 1. The lowest BCUT2D eigenvalue weighted by molar-refractivity contribution is -0.161. The lowest BCUT2D eigenvalue weighted by Gasteiger charge is -2.36. The Kier molecular flexibility index (Phi) is 6.50. The van der Waals surface area contributed by atoms with Crippen molar-refractivity contribution in [3.63, 3.8) is 0 Å². The van der Waals surface area contributed by atoms with Crippen LogP contribution in [0.4, 0.5) is 0 Å². The van der Waals surface area contributed by atoms with Gasteiger partial charge in [-0.05, 0) is 45.2 Å². The highest BCUT2D eigenvalue weighted by molar-refractivity contribution is 5.85. The van der Waals surface area contributed by atoms with Crippen LogP contribution in [-0.2, 0) is 16.0 Å². The van der Waals surface area contributed by atoms with Crippen LogP contribution in [0.2, 0.25) is 0 Å². The van der Waals surface area contributed by atoms with Crippen molar-refractivity contribution in [2.24, 2.45) is 5.41 Å². The first-order valence-corrected chi connectivity index (χ1v) is 7.08. The molecule has 1 atom stereocenters. The summed E-state index contributed by atoms with van der Waals surface area (Å²) >= 11 is 0. The van der Waals surface area contributed by atoms with Crippen molar-refractivity contribution in [3.05, 3.63) is 35.9 Å². The smallest absolute Gasteiger partial charge is 0.313 e. The Labute approximate surface area is 127 Å². The number of benzene rings is 1. The number of carbonyl (C=O) groups is 1. The van der Waals surface area contributed by atoms with Crippen molar-refractivity contribution in [2.75, 3.05) is 13.1 Å². The molecule has 20 heavy (non-hydrogen) atoms. The normalized spacial score (nSPS) is 22.1. The fraction of sp³-hybridized carbons (Fsp3) is 0.562. The summed E-state index contributed by atoms with van der Waals surface area (Å²) in [6.45, 7) is 5.52. The Bertz CT molecular complexity index is 414. The first kappa shape index (κ1) is 17.0. The molecule has 4 heteroatoms. The van der Waals surface area contributed by atoms with Gasteiger partial charge in [-0.1, -0.05) is 30.3 Å². The molecule has 3 nitrogen and oxygen atoms in total. The molecule has 1 heterocycles. The second kappa shape index (κ2) is 7.65. The lowest BCUT2D eigenvalue weighted by atomic mass is 9.75. The molecule has 1 fully saturated rings. The van der Waals surface area contributed by atoms with Crippen LogP contribution in [0.5, 0.6) is 0 Å².